The Morgan fingerprint density at radius 3 is 1.75 bits per heavy atom. The van der Waals surface area contributed by atoms with Crippen molar-refractivity contribution in [1.82, 2.24) is 0 Å². The molecule has 4 heteroatoms. The molecule has 0 aliphatic rings. The number of hydrogen-bond acceptors (Lipinski definition) is 3. The Hall–Kier alpha value is -0.610. The summed E-state index contributed by atoms with van der Waals surface area (Å²) in [6.45, 7) is 2.38. The van der Waals surface area contributed by atoms with Gasteiger partial charge >= 0.3 is 5.97 Å². The molecular weight excluding hydrogens is 108 g/mol. The van der Waals surface area contributed by atoms with Gasteiger partial charge in [0.05, 0.1) is 6.54 Å². The fraction of sp³-hybridized carbons (Fsp3) is 0.750. The van der Waals surface area contributed by atoms with Gasteiger partial charge in [-0.25, -0.2) is 0 Å². The summed E-state index contributed by atoms with van der Waals surface area (Å²) in [5.41, 5.74) is 9.42. The van der Waals surface area contributed by atoms with Crippen LogP contribution in [0.3, 0.4) is 0 Å². The van der Waals surface area contributed by atoms with Gasteiger partial charge in [0.15, 0.2) is 0 Å². The Balaban J connectivity index is 0. The third-order valence-electron chi connectivity index (χ3n) is 0.175. The number of carbonyl (C=O) groups is 1. The summed E-state index contributed by atoms with van der Waals surface area (Å²) in [6, 6.07) is 0. The lowest BCUT2D eigenvalue weighted by Gasteiger charge is -1.73. The second kappa shape index (κ2) is 9.63. The zero-order valence-corrected chi connectivity index (χ0v) is 4.92. The fourth-order valence-corrected chi connectivity index (χ4v) is 0. The van der Waals surface area contributed by atoms with E-state index in [4.69, 9.17) is 10.8 Å². The molecule has 4 nitrogen and oxygen atoms in total. The predicted molar refractivity (Wildman–Crippen MR) is 31.4 cm³/mol. The van der Waals surface area contributed by atoms with Gasteiger partial charge in [0.25, 0.3) is 0 Å². The molecule has 0 fully saturated rings. The number of hydrogen-bond donors (Lipinski definition) is 3. The van der Waals surface area contributed by atoms with E-state index in [1.165, 1.54) is 0 Å². The number of aliphatic carboxylic acids is 1. The molecule has 0 aromatic heterocycles. The highest BCUT2D eigenvalue weighted by molar-refractivity contribution is 5.68. The molecule has 0 heterocycles. The average molecular weight is 120 g/mol. The zero-order chi connectivity index (χ0) is 6.99. The summed E-state index contributed by atoms with van der Waals surface area (Å²) >= 11 is 0. The van der Waals surface area contributed by atoms with E-state index in [1.807, 2.05) is 6.92 Å². The summed E-state index contributed by atoms with van der Waals surface area (Å²) in [5.74, 6) is -0.968. The molecule has 0 amide bonds. The van der Waals surface area contributed by atoms with Crippen molar-refractivity contribution in [3.05, 3.63) is 0 Å². The molecule has 0 saturated heterocycles. The first-order valence-corrected chi connectivity index (χ1v) is 2.30. The van der Waals surface area contributed by atoms with Gasteiger partial charge in [0.2, 0.25) is 0 Å². The van der Waals surface area contributed by atoms with E-state index in [0.29, 0.717) is 0 Å². The molecule has 0 aromatic carbocycles. The lowest BCUT2D eigenvalue weighted by molar-refractivity contribution is -0.135. The van der Waals surface area contributed by atoms with Gasteiger partial charge in [-0.15, -0.1) is 0 Å². The van der Waals surface area contributed by atoms with Gasteiger partial charge in [-0.2, -0.15) is 0 Å². The minimum Gasteiger partial charge on any atom is -0.480 e. The van der Waals surface area contributed by atoms with E-state index in [0.717, 1.165) is 6.54 Å². The summed E-state index contributed by atoms with van der Waals surface area (Å²) in [7, 11) is 0. The first kappa shape index (κ1) is 10.4. The van der Waals surface area contributed by atoms with Crippen molar-refractivity contribution in [2.45, 2.75) is 6.92 Å². The van der Waals surface area contributed by atoms with Crippen LogP contribution in [-0.2, 0) is 4.79 Å². The minimum atomic E-state index is -0.968. The third-order valence-corrected chi connectivity index (χ3v) is 0.175. The first-order valence-electron chi connectivity index (χ1n) is 2.30. The van der Waals surface area contributed by atoms with Crippen LogP contribution >= 0.6 is 0 Å². The van der Waals surface area contributed by atoms with Crippen molar-refractivity contribution in [1.29, 1.82) is 0 Å². The van der Waals surface area contributed by atoms with Crippen LogP contribution in [0, 0.1) is 0 Å². The Kier molecular flexibility index (Phi) is 12.5. The Morgan fingerprint density at radius 1 is 1.62 bits per heavy atom. The monoisotopic (exact) mass is 120 g/mol. The van der Waals surface area contributed by atoms with Crippen LogP contribution in [0.15, 0.2) is 0 Å². The summed E-state index contributed by atoms with van der Waals surface area (Å²) in [4.78, 5) is 9.24. The summed E-state index contributed by atoms with van der Waals surface area (Å²) in [5, 5.41) is 7.60. The van der Waals surface area contributed by atoms with Crippen molar-refractivity contribution in [3.8, 4) is 0 Å². The number of nitrogens with two attached hydrogens (primary N) is 2. The molecule has 5 N–H and O–H groups in total. The summed E-state index contributed by atoms with van der Waals surface area (Å²) in [6.07, 6.45) is 0. The molecule has 50 valence electrons. The topological polar surface area (TPSA) is 89.3 Å². The van der Waals surface area contributed by atoms with Gasteiger partial charge in [-0.05, 0) is 6.54 Å². The predicted octanol–water partition coefficient (Wildman–Crippen LogP) is -1.01. The zero-order valence-electron chi connectivity index (χ0n) is 4.92. The van der Waals surface area contributed by atoms with Crippen LogP contribution < -0.4 is 11.5 Å². The van der Waals surface area contributed by atoms with Gasteiger partial charge in [0, 0.05) is 0 Å². The SMILES string of the molecule is CCN.NCC(=O)O. The molecule has 0 aromatic rings. The maximum Gasteiger partial charge on any atom is 0.317 e. The van der Waals surface area contributed by atoms with Crippen LogP contribution in [0.1, 0.15) is 6.92 Å². The smallest absolute Gasteiger partial charge is 0.317 e. The van der Waals surface area contributed by atoms with E-state index in [9.17, 15) is 4.79 Å². The lowest BCUT2D eigenvalue weighted by Crippen LogP contribution is -2.10. The quantitative estimate of drug-likeness (QED) is 0.414. The Morgan fingerprint density at radius 2 is 1.75 bits per heavy atom. The van der Waals surface area contributed by atoms with Crippen LogP contribution in [0.5, 0.6) is 0 Å². The lowest BCUT2D eigenvalue weighted by atomic mass is 10.7. The fourth-order valence-electron chi connectivity index (χ4n) is 0. The highest BCUT2D eigenvalue weighted by atomic mass is 16.4. The number of carboxylic acids is 1. The second-order valence-electron chi connectivity index (χ2n) is 1.01. The molecule has 0 radical (unpaired) electrons. The molecule has 0 bridgehead atoms. The highest BCUT2D eigenvalue weighted by Crippen LogP contribution is 1.43. The molecule has 0 rings (SSSR count). The highest BCUT2D eigenvalue weighted by Gasteiger charge is 1.81. The Labute approximate surface area is 48.5 Å². The molecule has 0 atom stereocenters. The molecule has 0 saturated carbocycles. The van der Waals surface area contributed by atoms with Crippen molar-refractivity contribution in [3.63, 3.8) is 0 Å². The van der Waals surface area contributed by atoms with Crippen molar-refractivity contribution in [2.24, 2.45) is 11.5 Å². The largest absolute Gasteiger partial charge is 0.480 e. The van der Waals surface area contributed by atoms with Crippen molar-refractivity contribution < 1.29 is 9.90 Å². The maximum atomic E-state index is 9.24. The van der Waals surface area contributed by atoms with E-state index >= 15 is 0 Å². The van der Waals surface area contributed by atoms with Gasteiger partial charge in [-0.3, -0.25) is 4.79 Å². The van der Waals surface area contributed by atoms with E-state index < -0.39 is 5.97 Å². The number of carboxylic acid groups (broad SMARTS) is 1. The summed E-state index contributed by atoms with van der Waals surface area (Å²) < 4.78 is 0. The van der Waals surface area contributed by atoms with E-state index in [-0.39, 0.29) is 6.54 Å². The Bertz CT molecular complexity index is 56.0. The van der Waals surface area contributed by atoms with Crippen LogP contribution in [0.2, 0.25) is 0 Å². The molecule has 0 aliphatic carbocycles. The van der Waals surface area contributed by atoms with Gasteiger partial charge < -0.3 is 16.6 Å². The average Bonchev–Trinajstić information content (AvgIpc) is 1.69. The van der Waals surface area contributed by atoms with E-state index in [2.05, 4.69) is 5.73 Å². The number of rotatable bonds is 1. The van der Waals surface area contributed by atoms with Gasteiger partial charge in [0.1, 0.15) is 0 Å². The molecule has 0 spiro atoms. The van der Waals surface area contributed by atoms with Crippen molar-refractivity contribution in [2.75, 3.05) is 13.1 Å². The van der Waals surface area contributed by atoms with Gasteiger partial charge in [-0.1, -0.05) is 6.92 Å². The van der Waals surface area contributed by atoms with Crippen LogP contribution in [0.4, 0.5) is 0 Å². The molecular formula is C4H12N2O2. The second-order valence-corrected chi connectivity index (χ2v) is 1.01. The van der Waals surface area contributed by atoms with E-state index in [1.54, 1.807) is 0 Å². The third kappa shape index (κ3) is 53.8. The van der Waals surface area contributed by atoms with Crippen LogP contribution in [0.25, 0.3) is 0 Å². The molecule has 8 heavy (non-hydrogen) atoms. The van der Waals surface area contributed by atoms with Crippen LogP contribution in [-0.4, -0.2) is 24.2 Å². The first-order chi connectivity index (χ1) is 3.68. The molecule has 0 unspecified atom stereocenters. The maximum absolute atomic E-state index is 9.24. The standard InChI is InChI=1S/C2H5NO2.C2H7N/c3-1-2(4)5;1-2-3/h1,3H2,(H,4,5);2-3H2,1H3. The normalized spacial score (nSPS) is 6.88. The minimum absolute atomic E-state index is 0.278. The molecule has 0 aliphatic heterocycles. The van der Waals surface area contributed by atoms with Crippen molar-refractivity contribution >= 4 is 5.97 Å².